The van der Waals surface area contributed by atoms with Gasteiger partial charge in [0.2, 0.25) is 0 Å². The number of carbonyl (C=O) groups excluding carboxylic acids is 2. The van der Waals surface area contributed by atoms with E-state index in [0.717, 1.165) is 23.2 Å². The number of methoxy groups -OCH3 is 1. The van der Waals surface area contributed by atoms with Crippen molar-refractivity contribution in [3.05, 3.63) is 124 Å². The number of fused-ring (bicyclic) bond motifs is 2. The van der Waals surface area contributed by atoms with Crippen LogP contribution in [0, 0.1) is 12.7 Å². The summed E-state index contributed by atoms with van der Waals surface area (Å²) in [4.78, 5) is 28.4. The molecule has 4 aromatic carbocycles. The van der Waals surface area contributed by atoms with Crippen LogP contribution in [0.2, 0.25) is 0 Å². The number of hydrogen-bond acceptors (Lipinski definition) is 3. The van der Waals surface area contributed by atoms with Crippen molar-refractivity contribution in [2.75, 3.05) is 17.3 Å². The molecule has 0 saturated heterocycles. The zero-order valence-corrected chi connectivity index (χ0v) is 20.0. The second-order valence-electron chi connectivity index (χ2n) is 8.79. The van der Waals surface area contributed by atoms with E-state index in [1.165, 1.54) is 24.8 Å². The topological polar surface area (TPSA) is 58.6 Å². The smallest absolute Gasteiger partial charge is 0.258 e. The standard InChI is InChI=1S/C30H25FN2O3/c1-19-11-13-24(31)17-25(19)29(34)32-26-14-12-22(16-28(26)36-2)30(35)33-18-23-9-4-3-7-20(23)15-21-8-5-6-10-27(21)33/h3-14,16-17H,15,18H2,1-2H3,(H,32,34). The van der Waals surface area contributed by atoms with Crippen LogP contribution in [0.5, 0.6) is 5.75 Å². The molecule has 36 heavy (non-hydrogen) atoms. The van der Waals surface area contributed by atoms with Crippen molar-refractivity contribution < 1.29 is 18.7 Å². The van der Waals surface area contributed by atoms with Gasteiger partial charge in [-0.15, -0.1) is 0 Å². The number of benzene rings is 4. The van der Waals surface area contributed by atoms with Crippen molar-refractivity contribution in [2.45, 2.75) is 19.9 Å². The number of hydrogen-bond donors (Lipinski definition) is 1. The Morgan fingerprint density at radius 2 is 1.61 bits per heavy atom. The molecular formula is C30H25FN2O3. The van der Waals surface area contributed by atoms with Gasteiger partial charge in [0.05, 0.1) is 19.3 Å². The van der Waals surface area contributed by atoms with Gasteiger partial charge in [-0.3, -0.25) is 9.59 Å². The van der Waals surface area contributed by atoms with Gasteiger partial charge >= 0.3 is 0 Å². The van der Waals surface area contributed by atoms with Crippen LogP contribution >= 0.6 is 0 Å². The normalized spacial score (nSPS) is 12.2. The zero-order chi connectivity index (χ0) is 25.2. The summed E-state index contributed by atoms with van der Waals surface area (Å²) in [7, 11) is 1.48. The van der Waals surface area contributed by atoms with Crippen LogP contribution in [0.3, 0.4) is 0 Å². The highest BCUT2D eigenvalue weighted by Crippen LogP contribution is 2.33. The molecule has 1 aliphatic rings. The number of halogens is 1. The van der Waals surface area contributed by atoms with Gasteiger partial charge in [0.1, 0.15) is 11.6 Å². The van der Waals surface area contributed by atoms with Crippen LogP contribution in [-0.4, -0.2) is 18.9 Å². The maximum absolute atomic E-state index is 13.8. The van der Waals surface area contributed by atoms with E-state index in [9.17, 15) is 14.0 Å². The first-order valence-corrected chi connectivity index (χ1v) is 11.7. The molecule has 4 aromatic rings. The zero-order valence-electron chi connectivity index (χ0n) is 20.0. The summed E-state index contributed by atoms with van der Waals surface area (Å²) < 4.78 is 19.2. The fourth-order valence-electron chi connectivity index (χ4n) is 4.56. The summed E-state index contributed by atoms with van der Waals surface area (Å²) in [5, 5.41) is 2.77. The van der Waals surface area contributed by atoms with Gasteiger partial charge in [-0.05, 0) is 72.0 Å². The highest BCUT2D eigenvalue weighted by atomic mass is 19.1. The Morgan fingerprint density at radius 1 is 0.889 bits per heavy atom. The maximum Gasteiger partial charge on any atom is 0.258 e. The van der Waals surface area contributed by atoms with Crippen molar-refractivity contribution in [1.82, 2.24) is 0 Å². The molecule has 5 nitrogen and oxygen atoms in total. The third-order valence-electron chi connectivity index (χ3n) is 6.50. The lowest BCUT2D eigenvalue weighted by molar-refractivity contribution is 0.0983. The third kappa shape index (κ3) is 4.45. The molecule has 0 spiro atoms. The Labute approximate surface area is 209 Å². The van der Waals surface area contributed by atoms with Crippen LogP contribution in [-0.2, 0) is 13.0 Å². The van der Waals surface area contributed by atoms with Crippen LogP contribution < -0.4 is 15.0 Å². The lowest BCUT2D eigenvalue weighted by Gasteiger charge is -2.24. The average Bonchev–Trinajstić information content (AvgIpc) is 3.06. The predicted octanol–water partition coefficient (Wildman–Crippen LogP) is 6.15. The van der Waals surface area contributed by atoms with E-state index in [4.69, 9.17) is 4.74 Å². The number of nitrogens with one attached hydrogen (secondary N) is 1. The number of rotatable bonds is 4. The lowest BCUT2D eigenvalue weighted by atomic mass is 10.0. The minimum absolute atomic E-state index is 0.170. The lowest BCUT2D eigenvalue weighted by Crippen LogP contribution is -2.30. The van der Waals surface area contributed by atoms with E-state index < -0.39 is 11.7 Å². The molecule has 0 aliphatic carbocycles. The summed E-state index contributed by atoms with van der Waals surface area (Å²) in [5.74, 6) is -0.775. The van der Waals surface area contributed by atoms with Crippen LogP contribution in [0.4, 0.5) is 15.8 Å². The molecular weight excluding hydrogens is 455 g/mol. The highest BCUT2D eigenvalue weighted by molar-refractivity contribution is 6.09. The fourth-order valence-corrected chi connectivity index (χ4v) is 4.56. The molecule has 6 heteroatoms. The second kappa shape index (κ2) is 9.66. The van der Waals surface area contributed by atoms with E-state index in [2.05, 4.69) is 17.4 Å². The number of carbonyl (C=O) groups is 2. The predicted molar refractivity (Wildman–Crippen MR) is 138 cm³/mol. The first-order chi connectivity index (χ1) is 17.4. The van der Waals surface area contributed by atoms with Gasteiger partial charge in [0, 0.05) is 16.8 Å². The van der Waals surface area contributed by atoms with Crippen molar-refractivity contribution in [3.8, 4) is 5.75 Å². The number of aryl methyl sites for hydroxylation is 1. The molecule has 1 aliphatic heterocycles. The molecule has 180 valence electrons. The first-order valence-electron chi connectivity index (χ1n) is 11.7. The van der Waals surface area contributed by atoms with Crippen molar-refractivity contribution in [2.24, 2.45) is 0 Å². The minimum Gasteiger partial charge on any atom is -0.495 e. The van der Waals surface area contributed by atoms with Crippen LogP contribution in [0.1, 0.15) is 43.0 Å². The molecule has 0 unspecified atom stereocenters. The first kappa shape index (κ1) is 23.3. The summed E-state index contributed by atoms with van der Waals surface area (Å²) in [5.41, 5.74) is 5.96. The average molecular weight is 481 g/mol. The quantitative estimate of drug-likeness (QED) is 0.381. The van der Waals surface area contributed by atoms with Crippen LogP contribution in [0.25, 0.3) is 0 Å². The summed E-state index contributed by atoms with van der Waals surface area (Å²) >= 11 is 0. The molecule has 5 rings (SSSR count). The highest BCUT2D eigenvalue weighted by Gasteiger charge is 2.25. The second-order valence-corrected chi connectivity index (χ2v) is 8.79. The molecule has 0 atom stereocenters. The Hall–Kier alpha value is -4.45. The Bertz CT molecular complexity index is 1480. The number of ether oxygens (including phenoxy) is 1. The third-order valence-corrected chi connectivity index (χ3v) is 6.50. The monoisotopic (exact) mass is 480 g/mol. The number of nitrogens with zero attached hydrogens (tertiary/aromatic N) is 1. The number of amides is 2. The van der Waals surface area contributed by atoms with Gasteiger partial charge in [0.25, 0.3) is 11.8 Å². The van der Waals surface area contributed by atoms with E-state index in [1.807, 2.05) is 36.4 Å². The number of para-hydroxylation sites is 1. The van der Waals surface area contributed by atoms with Gasteiger partial charge in [-0.2, -0.15) is 0 Å². The Balaban J connectivity index is 1.46. The van der Waals surface area contributed by atoms with Gasteiger partial charge in [0.15, 0.2) is 0 Å². The molecule has 0 aromatic heterocycles. The Kier molecular flexibility index (Phi) is 6.25. The van der Waals surface area contributed by atoms with Crippen molar-refractivity contribution in [1.29, 1.82) is 0 Å². The summed E-state index contributed by atoms with van der Waals surface area (Å²) in [6, 6.07) is 25.1. The van der Waals surface area contributed by atoms with Crippen molar-refractivity contribution in [3.63, 3.8) is 0 Å². The molecule has 0 fully saturated rings. The molecule has 1 N–H and O–H groups in total. The largest absolute Gasteiger partial charge is 0.495 e. The minimum atomic E-state index is -0.488. The van der Waals surface area contributed by atoms with Crippen LogP contribution in [0.15, 0.2) is 84.9 Å². The van der Waals surface area contributed by atoms with E-state index in [-0.39, 0.29) is 11.5 Å². The van der Waals surface area contributed by atoms with Gasteiger partial charge in [-0.25, -0.2) is 4.39 Å². The molecule has 0 saturated carbocycles. The van der Waals surface area contributed by atoms with E-state index >= 15 is 0 Å². The van der Waals surface area contributed by atoms with Gasteiger partial charge < -0.3 is 15.0 Å². The SMILES string of the molecule is COc1cc(C(=O)N2Cc3ccccc3Cc3ccccc32)ccc1NC(=O)c1cc(F)ccc1C. The molecule has 2 amide bonds. The van der Waals surface area contributed by atoms with Gasteiger partial charge in [-0.1, -0.05) is 48.5 Å². The molecule has 0 bridgehead atoms. The van der Waals surface area contributed by atoms with E-state index in [1.54, 1.807) is 36.1 Å². The summed E-state index contributed by atoms with van der Waals surface area (Å²) in [6.07, 6.45) is 0.754. The summed E-state index contributed by atoms with van der Waals surface area (Å²) in [6.45, 7) is 2.19. The van der Waals surface area contributed by atoms with Crippen molar-refractivity contribution >= 4 is 23.2 Å². The fraction of sp³-hybridized carbons (Fsp3) is 0.133. The molecule has 1 heterocycles. The maximum atomic E-state index is 13.8. The Morgan fingerprint density at radius 3 is 2.39 bits per heavy atom. The van der Waals surface area contributed by atoms with E-state index in [0.29, 0.717) is 29.1 Å². The molecule has 0 radical (unpaired) electrons. The number of anilines is 2.